The maximum atomic E-state index is 11.8. The molecule has 0 spiro atoms. The second-order valence-corrected chi connectivity index (χ2v) is 5.13. The number of rotatable bonds is 1. The van der Waals surface area contributed by atoms with Gasteiger partial charge in [-0.2, -0.15) is 0 Å². The van der Waals surface area contributed by atoms with Crippen molar-refractivity contribution in [3.05, 3.63) is 33.9 Å². The van der Waals surface area contributed by atoms with E-state index in [9.17, 15) is 2.86 Å². The number of hydrogen-bond donors (Lipinski definition) is 0. The third-order valence-corrected chi connectivity index (χ3v) is 2.01. The van der Waals surface area contributed by atoms with Crippen LogP contribution in [-0.2, 0) is 10.1 Å². The van der Waals surface area contributed by atoms with E-state index in [-0.39, 0.29) is 0 Å². The van der Waals surface area contributed by atoms with Crippen molar-refractivity contribution in [3.8, 4) is 0 Å². The van der Waals surface area contributed by atoms with Crippen LogP contribution < -0.4 is 21.8 Å². The molecule has 1 aromatic carbocycles. The van der Waals surface area contributed by atoms with Gasteiger partial charge in [0.2, 0.25) is 3.57 Å². The summed E-state index contributed by atoms with van der Waals surface area (Å²) >= 11 is -1.19. The van der Waals surface area contributed by atoms with E-state index in [1.165, 1.54) is 0 Å². The summed E-state index contributed by atoms with van der Waals surface area (Å²) < 4.78 is 39.9. The maximum absolute atomic E-state index is 11.8. The van der Waals surface area contributed by atoms with E-state index in [1.54, 1.807) is 0 Å². The second-order valence-electron chi connectivity index (χ2n) is 2.07. The van der Waals surface area contributed by atoms with Crippen LogP contribution in [-0.4, -0.2) is 19.2 Å². The molecule has 0 saturated heterocycles. The number of hydrogen-bond acceptors (Lipinski definition) is 3. The molecule has 3 nitrogen and oxygen atoms in total. The van der Waals surface area contributed by atoms with Crippen molar-refractivity contribution in [2.45, 2.75) is 0 Å². The van der Waals surface area contributed by atoms with Crippen molar-refractivity contribution < 1.29 is 37.6 Å². The van der Waals surface area contributed by atoms with Gasteiger partial charge in [-0.05, 0) is 12.1 Å². The summed E-state index contributed by atoms with van der Waals surface area (Å²) in [6.07, 6.45) is 0.604. The van der Waals surface area contributed by atoms with Crippen molar-refractivity contribution in [1.29, 1.82) is 0 Å². The Bertz CT molecular complexity index is 317. The van der Waals surface area contributed by atoms with Crippen molar-refractivity contribution in [2.24, 2.45) is 0 Å². The third-order valence-electron chi connectivity index (χ3n) is 0.816. The third kappa shape index (κ3) is 11.8. The molecule has 0 amide bonds. The minimum atomic E-state index is -3.92. The Morgan fingerprint density at radius 2 is 1.69 bits per heavy atom. The topological polar surface area (TPSA) is 57.2 Å². The van der Waals surface area contributed by atoms with Crippen LogP contribution in [0.1, 0.15) is 0 Å². The first-order valence-electron chi connectivity index (χ1n) is 3.15. The van der Waals surface area contributed by atoms with Crippen LogP contribution in [0.3, 0.4) is 0 Å². The minimum Gasteiger partial charge on any atom is -0.748 e. The molecule has 0 fully saturated rings. The zero-order chi connectivity index (χ0) is 10.3. The molecule has 0 saturated carbocycles. The van der Waals surface area contributed by atoms with Crippen LogP contribution in [0.2, 0.25) is 0 Å². The standard InChI is InChI=1S/C6H5FI.CH4O3S/c7-8-6-4-2-1-3-5-6;1-5(2,3)4/h1-5H;1H3,(H,2,3,4)/q+1;/p-1. The minimum absolute atomic E-state index is 0.604. The predicted molar refractivity (Wildman–Crippen MR) is 41.9 cm³/mol. The average molecular weight is 318 g/mol. The molecule has 0 atom stereocenters. The van der Waals surface area contributed by atoms with Crippen molar-refractivity contribution in [3.63, 3.8) is 0 Å². The molecular formula is C7H8FIO3S. The van der Waals surface area contributed by atoms with Gasteiger partial charge in [0.05, 0.1) is 13.0 Å². The van der Waals surface area contributed by atoms with Crippen LogP contribution in [0.4, 0.5) is 2.86 Å². The lowest BCUT2D eigenvalue weighted by atomic mass is 10.4. The Kier molecular flexibility index (Phi) is 6.17. The Morgan fingerprint density at radius 1 is 1.31 bits per heavy atom. The molecule has 0 heterocycles. The van der Waals surface area contributed by atoms with Crippen molar-refractivity contribution in [1.82, 2.24) is 0 Å². The lowest BCUT2D eigenvalue weighted by Crippen LogP contribution is -3.56. The highest BCUT2D eigenvalue weighted by atomic mass is 127. The summed E-state index contributed by atoms with van der Waals surface area (Å²) in [6, 6.07) is 9.23. The summed E-state index contributed by atoms with van der Waals surface area (Å²) in [7, 11) is -3.92. The quantitative estimate of drug-likeness (QED) is 0.444. The van der Waals surface area contributed by atoms with Gasteiger partial charge in [0.15, 0.2) is 0 Å². The molecule has 0 radical (unpaired) electrons. The van der Waals surface area contributed by atoms with Gasteiger partial charge in [-0.15, -0.1) is 0 Å². The Morgan fingerprint density at radius 3 is 1.92 bits per heavy atom. The fraction of sp³-hybridized carbons (Fsp3) is 0.143. The fourth-order valence-corrected chi connectivity index (χ4v) is 1.15. The highest BCUT2D eigenvalue weighted by Crippen LogP contribution is 1.81. The molecule has 1 aromatic rings. The highest BCUT2D eigenvalue weighted by Gasteiger charge is 2.07. The molecule has 13 heavy (non-hydrogen) atoms. The van der Waals surface area contributed by atoms with E-state index in [2.05, 4.69) is 0 Å². The first-order chi connectivity index (χ1) is 5.93. The van der Waals surface area contributed by atoms with Gasteiger partial charge in [-0.25, -0.2) is 8.42 Å². The maximum Gasteiger partial charge on any atom is 0.575 e. The fourth-order valence-electron chi connectivity index (χ4n) is 0.462. The number of benzene rings is 1. The molecule has 0 aliphatic rings. The van der Waals surface area contributed by atoms with E-state index >= 15 is 0 Å². The molecule has 1 rings (SSSR count). The van der Waals surface area contributed by atoms with Crippen LogP contribution in [0.25, 0.3) is 0 Å². The average Bonchev–Trinajstić information content (AvgIpc) is 2.03. The van der Waals surface area contributed by atoms with Gasteiger partial charge in [0.25, 0.3) is 0 Å². The van der Waals surface area contributed by atoms with Crippen molar-refractivity contribution >= 4 is 10.1 Å². The van der Waals surface area contributed by atoms with E-state index in [4.69, 9.17) is 13.0 Å². The van der Waals surface area contributed by atoms with Gasteiger partial charge in [0, 0.05) is 6.26 Å². The summed E-state index contributed by atoms with van der Waals surface area (Å²) in [6.45, 7) is 0. The molecule has 0 aliphatic heterocycles. The van der Waals surface area contributed by atoms with Gasteiger partial charge in [0.1, 0.15) is 0 Å². The summed E-state index contributed by atoms with van der Waals surface area (Å²) in [5.41, 5.74) is 0. The Balaban J connectivity index is 0.000000252. The van der Waals surface area contributed by atoms with Crippen molar-refractivity contribution in [2.75, 3.05) is 6.26 Å². The van der Waals surface area contributed by atoms with Crippen LogP contribution in [0.15, 0.2) is 30.3 Å². The Hall–Kier alpha value is -0.210. The molecule has 74 valence electrons. The first kappa shape index (κ1) is 12.8. The summed E-state index contributed by atoms with van der Waals surface area (Å²) in [4.78, 5) is 0. The molecule has 6 heteroatoms. The zero-order valence-corrected chi connectivity index (χ0v) is 9.75. The van der Waals surface area contributed by atoms with Gasteiger partial charge >= 0.3 is 21.8 Å². The Labute approximate surface area is 87.8 Å². The molecular weight excluding hydrogens is 310 g/mol. The van der Waals surface area contributed by atoms with Crippen LogP contribution in [0.5, 0.6) is 0 Å². The lowest BCUT2D eigenvalue weighted by Gasteiger charge is -1.90. The molecule has 0 aromatic heterocycles. The second kappa shape index (κ2) is 6.28. The van der Waals surface area contributed by atoms with Crippen LogP contribution >= 0.6 is 0 Å². The molecule has 0 N–H and O–H groups in total. The normalized spacial score (nSPS) is 10.1. The molecule has 0 aliphatic carbocycles. The monoisotopic (exact) mass is 318 g/mol. The van der Waals surface area contributed by atoms with Gasteiger partial charge in [-0.3, -0.25) is 0 Å². The smallest absolute Gasteiger partial charge is 0.575 e. The zero-order valence-electron chi connectivity index (χ0n) is 6.78. The van der Waals surface area contributed by atoms with Crippen LogP contribution in [0, 0.1) is 3.57 Å². The van der Waals surface area contributed by atoms with Gasteiger partial charge in [-0.1, -0.05) is 18.2 Å². The SMILES string of the molecule is CS(=O)(=O)[O-].F[I+]c1ccccc1. The summed E-state index contributed by atoms with van der Waals surface area (Å²) in [5.74, 6) is 0. The predicted octanol–water partition coefficient (Wildman–Crippen LogP) is -2.01. The van der Waals surface area contributed by atoms with E-state index in [0.717, 1.165) is 3.57 Å². The van der Waals surface area contributed by atoms with Gasteiger partial charge < -0.3 is 4.55 Å². The number of halogens is 2. The van der Waals surface area contributed by atoms with E-state index < -0.39 is 31.9 Å². The molecule has 0 unspecified atom stereocenters. The highest BCUT2D eigenvalue weighted by molar-refractivity contribution is 7.84. The molecule has 0 bridgehead atoms. The summed E-state index contributed by atoms with van der Waals surface area (Å²) in [5, 5.41) is 0. The largest absolute Gasteiger partial charge is 0.748 e. The lowest BCUT2D eigenvalue weighted by molar-refractivity contribution is -0.803. The first-order valence-corrected chi connectivity index (χ1v) is 6.86. The van der Waals surface area contributed by atoms with E-state index in [1.807, 2.05) is 30.3 Å². The van der Waals surface area contributed by atoms with E-state index in [0.29, 0.717) is 6.26 Å².